The molecule has 0 radical (unpaired) electrons. The molecule has 322 valence electrons. The van der Waals surface area contributed by atoms with Crippen LogP contribution in [0.1, 0.15) is 0 Å². The summed E-state index contributed by atoms with van der Waals surface area (Å²) in [5.74, 6) is 1.64. The summed E-state index contributed by atoms with van der Waals surface area (Å²) in [6, 6.07) is 90.9. The number of hydrogen-bond donors (Lipinski definition) is 0. The van der Waals surface area contributed by atoms with Crippen molar-refractivity contribution in [2.24, 2.45) is 0 Å². The first-order valence-corrected chi connectivity index (χ1v) is 24.4. The largest absolute Gasteiger partial charge is 0.454 e. The minimum absolute atomic E-state index is 0.810. The maximum atomic E-state index is 7.22. The van der Waals surface area contributed by atoms with Crippen LogP contribution in [0, 0.1) is 0 Å². The molecule has 1 aliphatic heterocycles. The molecular weight excluding hydrogens is 855 g/mol. The molecule has 0 spiro atoms. The lowest BCUT2D eigenvalue weighted by molar-refractivity contribution is 0.489. The van der Waals surface area contributed by atoms with Crippen LogP contribution in [0.25, 0.3) is 107 Å². The van der Waals surface area contributed by atoms with E-state index in [1.807, 2.05) is 11.3 Å². The standard InChI is InChI=1S/C66H41NOS/c1-2-17-42(18-3-1)43-33-35-44(36-34-43)67(61-30-16-29-58-52-25-9-8-23-50(52)54-26-12-14-31-62(54)68-65(58)61)45-37-38-53-49-22-7-5-20-47(49)46-19-4-6-21-48(46)51-24-10-11-28-56(51)64-57(60(53)41-45)39-40-59-55-27-13-15-32-63(55)69-66(59)64/h1-41H. The maximum absolute atomic E-state index is 7.22. The number of anilines is 3. The fourth-order valence-corrected chi connectivity index (χ4v) is 12.2. The molecule has 0 bridgehead atoms. The molecule has 14 rings (SSSR count). The third-order valence-corrected chi connectivity index (χ3v) is 15.3. The van der Waals surface area contributed by atoms with Crippen LogP contribution in [-0.2, 0) is 0 Å². The van der Waals surface area contributed by atoms with Gasteiger partial charge in [-0.3, -0.25) is 0 Å². The first-order valence-electron chi connectivity index (χ1n) is 23.6. The van der Waals surface area contributed by atoms with E-state index in [0.29, 0.717) is 0 Å². The zero-order chi connectivity index (χ0) is 45.4. The van der Waals surface area contributed by atoms with Crippen molar-refractivity contribution in [3.63, 3.8) is 0 Å². The van der Waals surface area contributed by atoms with Crippen LogP contribution in [0.5, 0.6) is 11.5 Å². The van der Waals surface area contributed by atoms with Crippen LogP contribution in [0.15, 0.2) is 249 Å². The predicted molar refractivity (Wildman–Crippen MR) is 296 cm³/mol. The summed E-state index contributed by atoms with van der Waals surface area (Å²) >= 11 is 1.89. The second-order valence-electron chi connectivity index (χ2n) is 17.9. The SMILES string of the molecule is c1ccc(-c2ccc(N(c3ccc4c5ccccc5c5ccccc5c5ccccc5c5c(ccc6c7ccccc7sc65)c4c3)c3cccc4c3Oc3ccccc3-c3ccccc3-4)cc2)cc1. The van der Waals surface area contributed by atoms with E-state index in [1.54, 1.807) is 0 Å². The van der Waals surface area contributed by atoms with Gasteiger partial charge in [-0.1, -0.05) is 206 Å². The van der Waals surface area contributed by atoms with Gasteiger partial charge in [-0.2, -0.15) is 0 Å². The van der Waals surface area contributed by atoms with Gasteiger partial charge in [-0.15, -0.1) is 11.3 Å². The predicted octanol–water partition coefficient (Wildman–Crippen LogP) is 19.5. The summed E-state index contributed by atoms with van der Waals surface area (Å²) in [6.07, 6.45) is 0. The van der Waals surface area contributed by atoms with E-state index in [2.05, 4.69) is 254 Å². The number of fused-ring (bicyclic) bond motifs is 19. The van der Waals surface area contributed by atoms with Crippen molar-refractivity contribution < 1.29 is 4.74 Å². The van der Waals surface area contributed by atoms with E-state index in [4.69, 9.17) is 4.74 Å². The van der Waals surface area contributed by atoms with E-state index < -0.39 is 0 Å². The minimum Gasteiger partial charge on any atom is -0.454 e. The van der Waals surface area contributed by atoms with Gasteiger partial charge in [-0.25, -0.2) is 0 Å². The van der Waals surface area contributed by atoms with Gasteiger partial charge in [0.2, 0.25) is 0 Å². The Bertz CT molecular complexity index is 4280. The van der Waals surface area contributed by atoms with Crippen molar-refractivity contribution in [1.82, 2.24) is 0 Å². The second kappa shape index (κ2) is 16.0. The molecule has 13 aromatic rings. The fraction of sp³-hybridized carbons (Fsp3) is 0. The summed E-state index contributed by atoms with van der Waals surface area (Å²) in [7, 11) is 0. The molecule has 1 aliphatic rings. The van der Waals surface area contributed by atoms with Gasteiger partial charge in [0.1, 0.15) is 5.75 Å². The lowest BCUT2D eigenvalue weighted by Gasteiger charge is -2.29. The second-order valence-corrected chi connectivity index (χ2v) is 18.9. The topological polar surface area (TPSA) is 12.5 Å². The van der Waals surface area contributed by atoms with Crippen molar-refractivity contribution in [1.29, 1.82) is 0 Å². The Balaban J connectivity index is 1.14. The van der Waals surface area contributed by atoms with E-state index >= 15 is 0 Å². The van der Waals surface area contributed by atoms with Gasteiger partial charge in [0.05, 0.1) is 5.69 Å². The number of ether oxygens (including phenoxy) is 1. The van der Waals surface area contributed by atoms with Crippen LogP contribution >= 0.6 is 11.3 Å². The normalized spacial score (nSPS) is 11.9. The highest BCUT2D eigenvalue weighted by atomic mass is 32.1. The van der Waals surface area contributed by atoms with E-state index in [-0.39, 0.29) is 0 Å². The number of hydrogen-bond acceptors (Lipinski definition) is 3. The number of para-hydroxylation sites is 2. The van der Waals surface area contributed by atoms with E-state index in [0.717, 1.165) is 61.8 Å². The lowest BCUT2D eigenvalue weighted by Crippen LogP contribution is -2.11. The minimum atomic E-state index is 0.810. The number of benzene rings is 11. The molecule has 0 saturated heterocycles. The van der Waals surface area contributed by atoms with E-state index in [9.17, 15) is 0 Å². The molecule has 0 saturated carbocycles. The summed E-state index contributed by atoms with van der Waals surface area (Å²) < 4.78 is 9.80. The summed E-state index contributed by atoms with van der Waals surface area (Å²) in [6.45, 7) is 0. The van der Waals surface area contributed by atoms with Crippen molar-refractivity contribution in [2.45, 2.75) is 0 Å². The molecule has 0 N–H and O–H groups in total. The van der Waals surface area contributed by atoms with Gasteiger partial charge in [-0.05, 0) is 113 Å². The highest BCUT2D eigenvalue weighted by Gasteiger charge is 2.27. The molecule has 0 aliphatic carbocycles. The average molecular weight is 896 g/mol. The average Bonchev–Trinajstić information content (AvgIpc) is 3.73. The quantitative estimate of drug-likeness (QED) is 0.175. The maximum Gasteiger partial charge on any atom is 0.159 e. The summed E-state index contributed by atoms with van der Waals surface area (Å²) in [5, 5.41) is 14.6. The van der Waals surface area contributed by atoms with Crippen LogP contribution in [-0.4, -0.2) is 0 Å². The molecule has 1 aromatic heterocycles. The van der Waals surface area contributed by atoms with E-state index in [1.165, 1.54) is 74.2 Å². The summed E-state index contributed by atoms with van der Waals surface area (Å²) in [5.41, 5.74) is 9.75. The Morgan fingerprint density at radius 2 is 0.783 bits per heavy atom. The van der Waals surface area contributed by atoms with Gasteiger partial charge < -0.3 is 9.64 Å². The van der Waals surface area contributed by atoms with Crippen LogP contribution in [0.4, 0.5) is 17.1 Å². The molecule has 69 heavy (non-hydrogen) atoms. The van der Waals surface area contributed by atoms with Crippen LogP contribution < -0.4 is 9.64 Å². The first kappa shape index (κ1) is 39.4. The number of rotatable bonds is 4. The molecule has 2 nitrogen and oxygen atoms in total. The van der Waals surface area contributed by atoms with Crippen molar-refractivity contribution >= 4 is 102 Å². The fourth-order valence-electron chi connectivity index (χ4n) is 11.0. The Hall–Kier alpha value is -8.76. The number of nitrogens with zero attached hydrogens (tertiary/aromatic N) is 1. The summed E-state index contributed by atoms with van der Waals surface area (Å²) in [4.78, 5) is 2.40. The molecule has 0 amide bonds. The van der Waals surface area contributed by atoms with Crippen LogP contribution in [0.2, 0.25) is 0 Å². The highest BCUT2D eigenvalue weighted by Crippen LogP contribution is 2.53. The zero-order valence-corrected chi connectivity index (χ0v) is 38.3. The molecule has 0 unspecified atom stereocenters. The van der Waals surface area contributed by atoms with Crippen LogP contribution in [0.3, 0.4) is 0 Å². The Kier molecular flexibility index (Phi) is 9.11. The molecular formula is C66H41NOS. The zero-order valence-electron chi connectivity index (χ0n) is 37.4. The van der Waals surface area contributed by atoms with Gasteiger partial charge in [0, 0.05) is 48.1 Å². The lowest BCUT2D eigenvalue weighted by atomic mass is 9.93. The monoisotopic (exact) mass is 895 g/mol. The first-order chi connectivity index (χ1) is 34.2. The van der Waals surface area contributed by atoms with Gasteiger partial charge >= 0.3 is 0 Å². The smallest absolute Gasteiger partial charge is 0.159 e. The Morgan fingerprint density at radius 1 is 0.304 bits per heavy atom. The highest BCUT2D eigenvalue weighted by molar-refractivity contribution is 7.26. The van der Waals surface area contributed by atoms with Crippen molar-refractivity contribution in [3.05, 3.63) is 249 Å². The van der Waals surface area contributed by atoms with Crippen molar-refractivity contribution in [2.75, 3.05) is 4.90 Å². The number of thiophene rings is 1. The molecule has 0 fully saturated rings. The van der Waals surface area contributed by atoms with Crippen molar-refractivity contribution in [3.8, 4) is 44.9 Å². The Labute approximate surface area is 403 Å². The third-order valence-electron chi connectivity index (χ3n) is 14.1. The third kappa shape index (κ3) is 6.32. The molecule has 2 heterocycles. The Morgan fingerprint density at radius 3 is 1.49 bits per heavy atom. The molecule has 0 atom stereocenters. The van der Waals surface area contributed by atoms with Gasteiger partial charge in [0.15, 0.2) is 5.75 Å². The molecule has 12 aromatic carbocycles. The molecule has 3 heteroatoms. The van der Waals surface area contributed by atoms with Gasteiger partial charge in [0.25, 0.3) is 0 Å².